The summed E-state index contributed by atoms with van der Waals surface area (Å²) in [6.07, 6.45) is 7.91. The summed E-state index contributed by atoms with van der Waals surface area (Å²) in [4.78, 5) is 58.0. The number of ketones is 4. The highest BCUT2D eigenvalue weighted by Gasteiger charge is 2.51. The fourth-order valence-corrected chi connectivity index (χ4v) is 13.1. The van der Waals surface area contributed by atoms with Crippen LogP contribution in [0.15, 0.2) is 110 Å². The predicted octanol–water partition coefficient (Wildman–Crippen LogP) is 20.3. The standard InChI is InChI=1S/C20H20ClF2N3O2.C10H8BrClF2O3.C10H9ClF2O3.C10H10F2O4.C10H15N3.C9H10O3.C5H10BrF2O3P/c1-12-3-5-25(10-12)13-4-6-26-11-16(24-19(26)7-13)14-8-15(21)18(27-2)9-17(14)28-20(22)23;1-16-9-3-8(17-10(13)14)5(2-6(9)12)7(15)4-11;1-5(14)6-3-7(11)9(15-2)4-8(6)16-10(12)13;1-5(13)9-7(14)3-6(15-2)4-8(9)16-10(11)12;1-8-3-5-13(7-8)9-2-4-12-10(11)6-9;1-6(10)8-4-3-7(12-2)5-9(8)11;1-3-10-12(9,11-4-2)5(6,7)8/h4,6-9,11-12,20H,3,5,10H2,1-2H3;2-3,10H,4H2,1H3;3-4,10H,1-2H3;3-4,10,14H,1-2H3;2,4,6,8H,3,5,7H2,1H3,(H2,11,12);3-5,11H,1-2H3;3-4H2,1-2H3/t12-;;;;8-;;/m0...0../s1. The Bertz CT molecular complexity index is 4560. The molecular formula is C74H82Br2Cl3F10N6O18P. The van der Waals surface area contributed by atoms with E-state index in [1.807, 2.05) is 50.8 Å². The van der Waals surface area contributed by atoms with Gasteiger partial charge in [-0.2, -0.15) is 43.9 Å². The van der Waals surface area contributed by atoms with Crippen molar-refractivity contribution in [2.45, 2.75) is 92.3 Å². The molecule has 10 rings (SSSR count). The van der Waals surface area contributed by atoms with Crippen LogP contribution in [0.1, 0.15) is 103 Å². The number of halogens is 15. The van der Waals surface area contributed by atoms with Crippen LogP contribution in [0.3, 0.4) is 0 Å². The van der Waals surface area contributed by atoms with Crippen LogP contribution in [0.5, 0.6) is 63.2 Å². The van der Waals surface area contributed by atoms with Crippen molar-refractivity contribution < 1.29 is 130 Å². The average molecular weight is 1830 g/mol. The van der Waals surface area contributed by atoms with Crippen molar-refractivity contribution in [1.29, 1.82) is 0 Å². The number of fused-ring (bicyclic) bond motifs is 1. The van der Waals surface area contributed by atoms with E-state index in [4.69, 9.17) is 64.2 Å². The third kappa shape index (κ3) is 29.7. The maximum atomic E-state index is 12.9. The van der Waals surface area contributed by atoms with Gasteiger partial charge in [0.15, 0.2) is 23.1 Å². The quantitative estimate of drug-likeness (QED) is 0.0196. The second-order valence-corrected chi connectivity index (χ2v) is 29.3. The lowest BCUT2D eigenvalue weighted by Gasteiger charge is -2.20. The number of phenols is 2. The zero-order valence-corrected chi connectivity index (χ0v) is 69.4. The molecule has 40 heteroatoms. The molecular weight excluding hydrogens is 1750 g/mol. The third-order valence-electron chi connectivity index (χ3n) is 15.6. The van der Waals surface area contributed by atoms with Gasteiger partial charge in [0.2, 0.25) is 0 Å². The van der Waals surface area contributed by atoms with Crippen molar-refractivity contribution in [3.63, 3.8) is 0 Å². The highest BCUT2D eigenvalue weighted by molar-refractivity contribution is 9.11. The van der Waals surface area contributed by atoms with Gasteiger partial charge in [0, 0.05) is 126 Å². The maximum absolute atomic E-state index is 12.9. The molecule has 0 amide bonds. The van der Waals surface area contributed by atoms with Gasteiger partial charge in [-0.3, -0.25) is 23.7 Å². The highest BCUT2D eigenvalue weighted by Crippen LogP contribution is 2.64. The summed E-state index contributed by atoms with van der Waals surface area (Å²) in [5, 5.41) is 19.3. The van der Waals surface area contributed by atoms with Crippen LogP contribution in [0.2, 0.25) is 15.1 Å². The number of carbonyl (C=O) groups excluding carboxylic acids is 4. The molecule has 5 heterocycles. The molecule has 2 aliphatic heterocycles. The fourth-order valence-electron chi connectivity index (χ4n) is 10.4. The Labute approximate surface area is 681 Å². The molecule has 2 aliphatic rings. The van der Waals surface area contributed by atoms with Gasteiger partial charge in [0.05, 0.1) is 91.5 Å². The number of ether oxygens (including phenoxy) is 9. The molecule has 2 saturated heterocycles. The first-order valence-corrected chi connectivity index (χ1v) is 38.2. The summed E-state index contributed by atoms with van der Waals surface area (Å²) in [5.74, 6) is 0.331. The lowest BCUT2D eigenvalue weighted by molar-refractivity contribution is -0.0510. The van der Waals surface area contributed by atoms with Gasteiger partial charge in [0.1, 0.15) is 80.3 Å². The number of anilines is 3. The molecule has 4 N–H and O–H groups in total. The number of aromatic nitrogens is 3. The van der Waals surface area contributed by atoms with Crippen molar-refractivity contribution in [2.24, 2.45) is 11.8 Å². The molecule has 0 radical (unpaired) electrons. The molecule has 0 bridgehead atoms. The van der Waals surface area contributed by atoms with Crippen molar-refractivity contribution in [2.75, 3.05) is 95.8 Å². The zero-order valence-electron chi connectivity index (χ0n) is 63.1. The molecule has 0 aliphatic carbocycles. The number of Topliss-reactive ketones (excluding diaryl/α,β-unsaturated/α-hetero) is 4. The first-order chi connectivity index (χ1) is 53.6. The van der Waals surface area contributed by atoms with Crippen LogP contribution in [-0.2, 0) is 13.6 Å². The number of alkyl halides is 12. The van der Waals surface area contributed by atoms with E-state index in [0.717, 1.165) is 74.6 Å². The van der Waals surface area contributed by atoms with Crippen molar-refractivity contribution in [3.8, 4) is 74.5 Å². The lowest BCUT2D eigenvalue weighted by Crippen LogP contribution is -2.19. The Balaban J connectivity index is 0.000000287. The number of pyridine rings is 2. The van der Waals surface area contributed by atoms with E-state index in [-0.39, 0.29) is 97.1 Å². The Morgan fingerprint density at radius 1 is 0.579 bits per heavy atom. The molecule has 5 aromatic carbocycles. The number of phenolic OH excluding ortho intramolecular Hbond substituents is 2. The monoisotopic (exact) mass is 1830 g/mol. The van der Waals surface area contributed by atoms with Gasteiger partial charge in [-0.15, -0.1) is 0 Å². The summed E-state index contributed by atoms with van der Waals surface area (Å²) in [6.45, 7) is 3.30. The second kappa shape index (κ2) is 46.6. The van der Waals surface area contributed by atoms with E-state index >= 15 is 0 Å². The van der Waals surface area contributed by atoms with Crippen LogP contribution in [-0.4, -0.2) is 159 Å². The molecule has 0 spiro atoms. The largest absolute Gasteiger partial charge is 0.507 e. The van der Waals surface area contributed by atoms with E-state index in [1.54, 1.807) is 18.5 Å². The van der Waals surface area contributed by atoms with Crippen LogP contribution in [0.25, 0.3) is 16.9 Å². The highest BCUT2D eigenvalue weighted by atomic mass is 79.9. The molecule has 114 heavy (non-hydrogen) atoms. The Kier molecular flexibility index (Phi) is 39.8. The minimum Gasteiger partial charge on any atom is -0.507 e. The lowest BCUT2D eigenvalue weighted by atomic mass is 10.1. The van der Waals surface area contributed by atoms with E-state index in [1.165, 1.54) is 118 Å². The van der Waals surface area contributed by atoms with E-state index in [2.05, 4.69) is 77.5 Å². The van der Waals surface area contributed by atoms with E-state index < -0.39 is 67.5 Å². The number of rotatable bonds is 26. The number of aromatic hydroxyl groups is 2. The maximum Gasteiger partial charge on any atom is 0.410 e. The van der Waals surface area contributed by atoms with Crippen molar-refractivity contribution in [3.05, 3.63) is 147 Å². The van der Waals surface area contributed by atoms with Crippen LogP contribution < -0.4 is 58.2 Å². The minimum atomic E-state index is -4.32. The SMILES string of the molecule is CCOP(=O)(OCC)C(F)(F)Br.COc1cc(O)c(C(C)=O)c(OC(F)F)c1.COc1cc(OC(F)F)c(-c2cn3ccc(N4CC[C@H](C)C4)cc3n2)cc1Cl.COc1cc(OC(F)F)c(C(=O)CBr)cc1Cl.COc1cc(OC(F)F)c(C(C)=O)cc1Cl.COc1ccc(C(C)=O)c(O)c1.C[C@H]1CCN(c2ccnc(N)c2)C1. The molecule has 0 saturated carbocycles. The molecule has 626 valence electrons. The van der Waals surface area contributed by atoms with Gasteiger partial charge in [-0.1, -0.05) is 64.6 Å². The first-order valence-electron chi connectivity index (χ1n) is 33.6. The number of carbonyl (C=O) groups is 4. The number of methoxy groups -OCH3 is 5. The molecule has 8 aromatic rings. The number of nitrogen functional groups attached to an aromatic ring is 1. The van der Waals surface area contributed by atoms with E-state index in [9.17, 15) is 77.9 Å². The van der Waals surface area contributed by atoms with Crippen LogP contribution in [0.4, 0.5) is 61.1 Å². The number of imidazole rings is 1. The van der Waals surface area contributed by atoms with Crippen molar-refractivity contribution >= 4 is 120 Å². The van der Waals surface area contributed by atoms with Crippen molar-refractivity contribution in [1.82, 2.24) is 14.4 Å². The number of hydrogen-bond donors (Lipinski definition) is 3. The number of benzene rings is 5. The Morgan fingerprint density at radius 3 is 1.46 bits per heavy atom. The second-order valence-electron chi connectivity index (χ2n) is 23.8. The number of hydrogen-bond acceptors (Lipinski definition) is 23. The normalized spacial score (nSPS) is 13.6. The molecule has 2 atom stereocenters. The number of nitrogens with two attached hydrogens (primary N) is 1. The number of nitrogens with zero attached hydrogens (tertiary/aromatic N) is 5. The first kappa shape index (κ1) is 97.5. The Morgan fingerprint density at radius 2 is 1.04 bits per heavy atom. The van der Waals surface area contributed by atoms with E-state index in [0.29, 0.717) is 39.3 Å². The van der Waals surface area contributed by atoms with Gasteiger partial charge in [-0.25, -0.2) is 9.97 Å². The van der Waals surface area contributed by atoms with Gasteiger partial charge < -0.3 is 81.8 Å². The average Bonchev–Trinajstić information content (AvgIpc) is 1.62. The predicted molar refractivity (Wildman–Crippen MR) is 418 cm³/mol. The van der Waals surface area contributed by atoms with Gasteiger partial charge in [0.25, 0.3) is 0 Å². The molecule has 2 fully saturated rings. The van der Waals surface area contributed by atoms with Gasteiger partial charge in [-0.05, 0) is 102 Å². The topological polar surface area (TPSA) is 290 Å². The Hall–Kier alpha value is -8.90. The van der Waals surface area contributed by atoms with Crippen LogP contribution in [0, 0.1) is 11.8 Å². The third-order valence-corrected chi connectivity index (χ3v) is 20.1. The smallest absolute Gasteiger partial charge is 0.410 e. The van der Waals surface area contributed by atoms with Crippen LogP contribution >= 0.6 is 74.3 Å². The summed E-state index contributed by atoms with van der Waals surface area (Å²) >= 11 is 22.7. The summed E-state index contributed by atoms with van der Waals surface area (Å²) in [6, 6.07) is 22.5. The summed E-state index contributed by atoms with van der Waals surface area (Å²) in [7, 11) is 2.56. The summed E-state index contributed by atoms with van der Waals surface area (Å²) < 4.78 is 183. The summed E-state index contributed by atoms with van der Waals surface area (Å²) in [5.41, 5.74) is 9.52. The zero-order chi connectivity index (χ0) is 85.6. The molecule has 0 unspecified atom stereocenters. The molecule has 24 nitrogen and oxygen atoms in total. The minimum absolute atomic E-state index is 0.00824. The fraction of sp³-hybridized carbons (Fsp3) is 0.378. The van der Waals surface area contributed by atoms with Gasteiger partial charge >= 0.3 is 38.6 Å². The molecule has 3 aromatic heterocycles.